The number of phenols is 1. The standard InChI is InChI=1S/C20H28FN3O5/c1-19(2,3)29-18(27)22-17(24(4)5)23-20(12-28-9-8-13(20)11-25)15-10-14(26)6-7-16(15)21/h6-7,10-11,13,26H,8-9,12H2,1-5H3,(H,22,23,27). The summed E-state index contributed by atoms with van der Waals surface area (Å²) < 4.78 is 25.6. The Labute approximate surface area is 169 Å². The quantitative estimate of drug-likeness (QED) is 0.452. The number of aromatic hydroxyl groups is 1. The van der Waals surface area contributed by atoms with E-state index in [9.17, 15) is 19.1 Å². The number of ether oxygens (including phenoxy) is 2. The van der Waals surface area contributed by atoms with Crippen LogP contribution in [0, 0.1) is 11.7 Å². The van der Waals surface area contributed by atoms with Crippen LogP contribution in [0.4, 0.5) is 9.18 Å². The number of nitrogens with one attached hydrogen (secondary N) is 1. The summed E-state index contributed by atoms with van der Waals surface area (Å²) in [6.45, 7) is 5.39. The van der Waals surface area contributed by atoms with Gasteiger partial charge in [0.2, 0.25) is 5.96 Å². The van der Waals surface area contributed by atoms with E-state index in [0.29, 0.717) is 19.3 Å². The van der Waals surface area contributed by atoms with Crippen LogP contribution < -0.4 is 5.32 Å². The molecule has 0 saturated carbocycles. The van der Waals surface area contributed by atoms with Crippen molar-refractivity contribution in [3.05, 3.63) is 29.6 Å². The van der Waals surface area contributed by atoms with Gasteiger partial charge in [0, 0.05) is 32.2 Å². The molecule has 8 nitrogen and oxygen atoms in total. The molecule has 0 aromatic heterocycles. The SMILES string of the molecule is CN(C)C(=NC1(c2cc(O)ccc2F)COCCC1C=O)NC(=O)OC(C)(C)C. The van der Waals surface area contributed by atoms with Crippen LogP contribution in [-0.2, 0) is 19.8 Å². The Bertz CT molecular complexity index is 791. The van der Waals surface area contributed by atoms with Crippen molar-refractivity contribution in [3.63, 3.8) is 0 Å². The van der Waals surface area contributed by atoms with Crippen molar-refractivity contribution in [1.29, 1.82) is 0 Å². The van der Waals surface area contributed by atoms with Gasteiger partial charge in [0.1, 0.15) is 29.0 Å². The molecule has 0 bridgehead atoms. The molecule has 1 amide bonds. The highest BCUT2D eigenvalue weighted by Crippen LogP contribution is 2.41. The van der Waals surface area contributed by atoms with Gasteiger partial charge in [-0.15, -0.1) is 0 Å². The second kappa shape index (κ2) is 8.77. The summed E-state index contributed by atoms with van der Waals surface area (Å²) in [6.07, 6.45) is 0.279. The summed E-state index contributed by atoms with van der Waals surface area (Å²) in [5.74, 6) is -1.46. The van der Waals surface area contributed by atoms with Gasteiger partial charge in [-0.3, -0.25) is 5.32 Å². The number of halogens is 1. The van der Waals surface area contributed by atoms with E-state index in [4.69, 9.17) is 9.47 Å². The largest absolute Gasteiger partial charge is 0.508 e. The minimum atomic E-state index is -1.46. The highest BCUT2D eigenvalue weighted by Gasteiger charge is 2.46. The van der Waals surface area contributed by atoms with E-state index in [1.807, 2.05) is 0 Å². The fraction of sp³-hybridized carbons (Fsp3) is 0.550. The Morgan fingerprint density at radius 2 is 2.14 bits per heavy atom. The molecule has 0 radical (unpaired) electrons. The number of aldehydes is 1. The third-order valence-electron chi connectivity index (χ3n) is 4.43. The Kier molecular flexibility index (Phi) is 6.84. The van der Waals surface area contributed by atoms with Gasteiger partial charge in [0.15, 0.2) is 0 Å². The fourth-order valence-corrected chi connectivity index (χ4v) is 3.09. The topological polar surface area (TPSA) is 100 Å². The predicted octanol–water partition coefficient (Wildman–Crippen LogP) is 2.40. The Morgan fingerprint density at radius 1 is 1.45 bits per heavy atom. The molecule has 9 heteroatoms. The number of carbonyl (C=O) groups excluding carboxylic acids is 2. The molecule has 0 aliphatic carbocycles. The number of guanidine groups is 1. The number of hydrogen-bond donors (Lipinski definition) is 2. The maximum absolute atomic E-state index is 14.8. The zero-order valence-corrected chi connectivity index (χ0v) is 17.4. The Balaban J connectivity index is 2.58. The van der Waals surface area contributed by atoms with E-state index in [2.05, 4.69) is 10.3 Å². The van der Waals surface area contributed by atoms with Gasteiger partial charge in [-0.1, -0.05) is 0 Å². The van der Waals surface area contributed by atoms with E-state index in [1.54, 1.807) is 34.9 Å². The van der Waals surface area contributed by atoms with E-state index >= 15 is 0 Å². The molecule has 1 aliphatic rings. The summed E-state index contributed by atoms with van der Waals surface area (Å²) in [6, 6.07) is 3.54. The van der Waals surface area contributed by atoms with Crippen molar-refractivity contribution in [1.82, 2.24) is 10.2 Å². The van der Waals surface area contributed by atoms with Crippen molar-refractivity contribution < 1.29 is 28.6 Å². The monoisotopic (exact) mass is 409 g/mol. The van der Waals surface area contributed by atoms with Gasteiger partial charge in [0.25, 0.3) is 0 Å². The van der Waals surface area contributed by atoms with Gasteiger partial charge in [-0.25, -0.2) is 14.2 Å². The molecule has 1 saturated heterocycles. The number of nitrogens with zero attached hydrogens (tertiary/aromatic N) is 2. The summed E-state index contributed by atoms with van der Waals surface area (Å²) in [7, 11) is 3.28. The van der Waals surface area contributed by atoms with Gasteiger partial charge < -0.3 is 24.3 Å². The predicted molar refractivity (Wildman–Crippen MR) is 105 cm³/mol. The van der Waals surface area contributed by atoms with Crippen LogP contribution in [0.15, 0.2) is 23.2 Å². The van der Waals surface area contributed by atoms with Crippen LogP contribution in [0.3, 0.4) is 0 Å². The number of rotatable bonds is 3. The molecular weight excluding hydrogens is 381 g/mol. The lowest BCUT2D eigenvalue weighted by atomic mass is 9.76. The molecule has 0 spiro atoms. The fourth-order valence-electron chi connectivity index (χ4n) is 3.09. The first kappa shape index (κ1) is 22.6. The van der Waals surface area contributed by atoms with E-state index in [-0.39, 0.29) is 23.9 Å². The van der Waals surface area contributed by atoms with Crippen LogP contribution in [0.5, 0.6) is 5.75 Å². The molecule has 1 aromatic carbocycles. The summed E-state index contributed by atoms with van der Waals surface area (Å²) in [5.41, 5.74) is -2.17. The molecule has 2 unspecified atom stereocenters. The maximum atomic E-state index is 14.8. The van der Waals surface area contributed by atoms with Crippen LogP contribution in [-0.4, -0.2) is 61.3 Å². The molecule has 2 N–H and O–H groups in total. The normalized spacial score (nSPS) is 22.7. The van der Waals surface area contributed by atoms with E-state index < -0.39 is 29.0 Å². The molecule has 1 aromatic rings. The van der Waals surface area contributed by atoms with Crippen molar-refractivity contribution in [2.75, 3.05) is 27.3 Å². The average molecular weight is 409 g/mol. The third kappa shape index (κ3) is 5.44. The minimum absolute atomic E-state index is 0.0136. The van der Waals surface area contributed by atoms with Crippen molar-refractivity contribution in [2.45, 2.75) is 38.3 Å². The number of hydrogen-bond acceptors (Lipinski definition) is 6. The highest BCUT2D eigenvalue weighted by atomic mass is 19.1. The van der Waals surface area contributed by atoms with Crippen LogP contribution in [0.2, 0.25) is 0 Å². The molecule has 1 heterocycles. The molecule has 2 rings (SSSR count). The van der Waals surface area contributed by atoms with Crippen LogP contribution >= 0.6 is 0 Å². The second-order valence-corrected chi connectivity index (χ2v) is 8.13. The van der Waals surface area contributed by atoms with Crippen molar-refractivity contribution >= 4 is 18.3 Å². The van der Waals surface area contributed by atoms with Crippen molar-refractivity contribution in [2.24, 2.45) is 10.9 Å². The number of aliphatic imine (C=N–C) groups is 1. The van der Waals surface area contributed by atoms with Crippen LogP contribution in [0.1, 0.15) is 32.8 Å². The van der Waals surface area contributed by atoms with Gasteiger partial charge in [-0.05, 0) is 45.4 Å². The lowest BCUT2D eigenvalue weighted by Crippen LogP contribution is -2.49. The van der Waals surface area contributed by atoms with Gasteiger partial charge in [-0.2, -0.15) is 0 Å². The first-order chi connectivity index (χ1) is 13.5. The number of carbonyl (C=O) groups is 2. The first-order valence-corrected chi connectivity index (χ1v) is 9.28. The molecule has 1 aliphatic heterocycles. The number of phenolic OH excluding ortho intramolecular Hbond substituents is 1. The van der Waals surface area contributed by atoms with Gasteiger partial charge >= 0.3 is 6.09 Å². The van der Waals surface area contributed by atoms with E-state index in [0.717, 1.165) is 6.07 Å². The van der Waals surface area contributed by atoms with Gasteiger partial charge in [0.05, 0.1) is 6.61 Å². The lowest BCUT2D eigenvalue weighted by molar-refractivity contribution is -0.118. The average Bonchev–Trinajstić information content (AvgIpc) is 2.61. The molecule has 1 fully saturated rings. The molecule has 160 valence electrons. The Morgan fingerprint density at radius 3 is 2.72 bits per heavy atom. The zero-order valence-electron chi connectivity index (χ0n) is 17.4. The minimum Gasteiger partial charge on any atom is -0.508 e. The van der Waals surface area contributed by atoms with Crippen molar-refractivity contribution in [3.8, 4) is 5.75 Å². The number of benzene rings is 1. The maximum Gasteiger partial charge on any atom is 0.414 e. The number of amides is 1. The summed E-state index contributed by atoms with van der Waals surface area (Å²) >= 11 is 0. The number of alkyl carbamates (subject to hydrolysis) is 1. The lowest BCUT2D eigenvalue weighted by Gasteiger charge is -2.39. The summed E-state index contributed by atoms with van der Waals surface area (Å²) in [4.78, 5) is 30.2. The third-order valence-corrected chi connectivity index (χ3v) is 4.43. The first-order valence-electron chi connectivity index (χ1n) is 9.28. The Hall–Kier alpha value is -2.68. The van der Waals surface area contributed by atoms with E-state index in [1.165, 1.54) is 17.0 Å². The molecule has 29 heavy (non-hydrogen) atoms. The van der Waals surface area contributed by atoms with Crippen LogP contribution in [0.25, 0.3) is 0 Å². The smallest absolute Gasteiger partial charge is 0.414 e. The zero-order chi connectivity index (χ0) is 21.8. The highest BCUT2D eigenvalue weighted by molar-refractivity contribution is 5.94. The molecular formula is C20H28FN3O5. The molecule has 2 atom stereocenters. The summed E-state index contributed by atoms with van der Waals surface area (Å²) in [5, 5.41) is 12.5. The second-order valence-electron chi connectivity index (χ2n) is 8.13.